The Bertz CT molecular complexity index is 1360. The van der Waals surface area contributed by atoms with E-state index in [-0.39, 0.29) is 5.91 Å². The van der Waals surface area contributed by atoms with E-state index in [1.165, 1.54) is 0 Å². The molecular weight excluding hydrogens is 464 g/mol. The number of hydrogen-bond acceptors (Lipinski definition) is 6. The average molecular weight is 497 g/mol. The third-order valence-electron chi connectivity index (χ3n) is 7.71. The van der Waals surface area contributed by atoms with Gasteiger partial charge in [-0.3, -0.25) is 19.8 Å². The maximum atomic E-state index is 13.4. The van der Waals surface area contributed by atoms with Gasteiger partial charge in [0.15, 0.2) is 5.76 Å². The number of piperidine rings is 1. The van der Waals surface area contributed by atoms with E-state index >= 15 is 0 Å². The van der Waals surface area contributed by atoms with Gasteiger partial charge in [-0.25, -0.2) is 0 Å². The molecule has 2 aliphatic heterocycles. The molecule has 3 aromatic heterocycles. The summed E-state index contributed by atoms with van der Waals surface area (Å²) >= 11 is 0. The van der Waals surface area contributed by atoms with Crippen LogP contribution in [-0.4, -0.2) is 55.7 Å². The lowest BCUT2D eigenvalue weighted by Gasteiger charge is -2.34. The van der Waals surface area contributed by atoms with Crippen LogP contribution in [0, 0.1) is 12.8 Å². The van der Waals surface area contributed by atoms with Gasteiger partial charge in [-0.15, -0.1) is 0 Å². The SMILES string of the molecule is Cc1noc(-c2ccccc2)c1CN1CCC[C@@H](CC(=O)N2CCc3[nH]nc(-c4ccncc4)c3C2)C1. The summed E-state index contributed by atoms with van der Waals surface area (Å²) < 4.78 is 5.71. The number of nitrogens with zero attached hydrogens (tertiary/aromatic N) is 5. The number of aromatic amines is 1. The number of likely N-dealkylation sites (tertiary alicyclic amines) is 1. The maximum Gasteiger partial charge on any atom is 0.223 e. The fourth-order valence-corrected chi connectivity index (χ4v) is 5.71. The number of amides is 1. The summed E-state index contributed by atoms with van der Waals surface area (Å²) in [5, 5.41) is 12.0. The van der Waals surface area contributed by atoms with Crippen molar-refractivity contribution in [3.63, 3.8) is 0 Å². The molecule has 37 heavy (non-hydrogen) atoms. The van der Waals surface area contributed by atoms with Crippen LogP contribution in [0.3, 0.4) is 0 Å². The van der Waals surface area contributed by atoms with Gasteiger partial charge in [-0.1, -0.05) is 35.5 Å². The summed E-state index contributed by atoms with van der Waals surface area (Å²) in [6.07, 6.45) is 7.14. The summed E-state index contributed by atoms with van der Waals surface area (Å²) in [5.74, 6) is 1.45. The van der Waals surface area contributed by atoms with Crippen molar-refractivity contribution in [3.8, 4) is 22.6 Å². The molecule has 1 N–H and O–H groups in total. The normalized spacial score (nSPS) is 18.1. The highest BCUT2D eigenvalue weighted by Crippen LogP contribution is 2.31. The van der Waals surface area contributed by atoms with Gasteiger partial charge in [-0.05, 0) is 44.4 Å². The smallest absolute Gasteiger partial charge is 0.223 e. The lowest BCUT2D eigenvalue weighted by atomic mass is 9.93. The summed E-state index contributed by atoms with van der Waals surface area (Å²) in [4.78, 5) is 22.0. The van der Waals surface area contributed by atoms with E-state index in [4.69, 9.17) is 4.52 Å². The van der Waals surface area contributed by atoms with E-state index in [9.17, 15) is 4.79 Å². The molecule has 1 amide bonds. The summed E-state index contributed by atoms with van der Waals surface area (Å²) in [6.45, 7) is 6.09. The Labute approximate surface area is 216 Å². The Balaban J connectivity index is 1.10. The largest absolute Gasteiger partial charge is 0.356 e. The molecule has 1 atom stereocenters. The minimum atomic E-state index is 0.241. The second-order valence-electron chi connectivity index (χ2n) is 10.2. The molecule has 0 saturated carbocycles. The highest BCUT2D eigenvalue weighted by Gasteiger charge is 2.29. The van der Waals surface area contributed by atoms with Gasteiger partial charge in [0.05, 0.1) is 11.4 Å². The number of fused-ring (bicyclic) bond motifs is 1. The number of aryl methyl sites for hydroxylation is 1. The van der Waals surface area contributed by atoms with E-state index < -0.39 is 0 Å². The lowest BCUT2D eigenvalue weighted by Crippen LogP contribution is -2.40. The molecule has 0 bridgehead atoms. The Hall–Kier alpha value is -3.78. The Morgan fingerprint density at radius 2 is 1.95 bits per heavy atom. The zero-order valence-corrected chi connectivity index (χ0v) is 21.2. The van der Waals surface area contributed by atoms with Crippen molar-refractivity contribution >= 4 is 5.91 Å². The first-order valence-electron chi connectivity index (χ1n) is 13.1. The summed E-state index contributed by atoms with van der Waals surface area (Å²) in [5.41, 5.74) is 7.36. The van der Waals surface area contributed by atoms with Crippen LogP contribution in [0.5, 0.6) is 0 Å². The molecule has 1 fully saturated rings. The van der Waals surface area contributed by atoms with Crippen molar-refractivity contribution in [2.24, 2.45) is 5.92 Å². The van der Waals surface area contributed by atoms with Gasteiger partial charge in [0.25, 0.3) is 0 Å². The molecule has 2 aliphatic rings. The predicted octanol–water partition coefficient (Wildman–Crippen LogP) is 4.62. The van der Waals surface area contributed by atoms with E-state index in [0.29, 0.717) is 18.9 Å². The van der Waals surface area contributed by atoms with Crippen molar-refractivity contribution in [2.75, 3.05) is 19.6 Å². The van der Waals surface area contributed by atoms with Gasteiger partial charge in [0, 0.05) is 79.4 Å². The minimum Gasteiger partial charge on any atom is -0.356 e. The summed E-state index contributed by atoms with van der Waals surface area (Å²) in [6, 6.07) is 14.1. The van der Waals surface area contributed by atoms with E-state index in [0.717, 1.165) is 90.5 Å². The number of pyridine rings is 1. The number of carbonyl (C=O) groups is 1. The third-order valence-corrected chi connectivity index (χ3v) is 7.71. The number of aromatic nitrogens is 4. The molecule has 4 aromatic rings. The second kappa shape index (κ2) is 10.3. The zero-order chi connectivity index (χ0) is 25.2. The summed E-state index contributed by atoms with van der Waals surface area (Å²) in [7, 11) is 0. The van der Waals surface area contributed by atoms with Crippen LogP contribution >= 0.6 is 0 Å². The lowest BCUT2D eigenvalue weighted by molar-refractivity contribution is -0.133. The van der Waals surface area contributed by atoms with Crippen molar-refractivity contribution in [1.82, 2.24) is 30.1 Å². The molecular formula is C29H32N6O2. The molecule has 0 radical (unpaired) electrons. The van der Waals surface area contributed by atoms with Crippen molar-refractivity contribution in [1.29, 1.82) is 0 Å². The standard InChI is InChI=1S/C29H32N6O2/c1-20-24(29(37-33-20)23-7-3-2-4-8-23)18-34-14-5-6-21(17-34)16-27(36)35-15-11-26-25(19-35)28(32-31-26)22-9-12-30-13-10-22/h2-4,7-10,12-13,21H,5-6,11,14-19H2,1H3,(H,31,32)/t21-/m0/s1. The molecule has 0 unspecified atom stereocenters. The molecule has 6 rings (SSSR count). The second-order valence-corrected chi connectivity index (χ2v) is 10.2. The van der Waals surface area contributed by atoms with E-state index in [1.807, 2.05) is 42.2 Å². The van der Waals surface area contributed by atoms with Crippen LogP contribution < -0.4 is 0 Å². The quantitative estimate of drug-likeness (QED) is 0.419. The first kappa shape index (κ1) is 23.6. The van der Waals surface area contributed by atoms with Crippen molar-refractivity contribution in [2.45, 2.75) is 45.7 Å². The van der Waals surface area contributed by atoms with Crippen LogP contribution in [-0.2, 0) is 24.3 Å². The van der Waals surface area contributed by atoms with Gasteiger partial charge in [0.1, 0.15) is 0 Å². The molecule has 8 heteroatoms. The van der Waals surface area contributed by atoms with Crippen LogP contribution in [0.1, 0.15) is 41.8 Å². The number of carbonyl (C=O) groups excluding carboxylic acids is 1. The molecule has 8 nitrogen and oxygen atoms in total. The minimum absolute atomic E-state index is 0.241. The Morgan fingerprint density at radius 3 is 2.78 bits per heavy atom. The third kappa shape index (κ3) is 4.93. The van der Waals surface area contributed by atoms with Crippen LogP contribution in [0.15, 0.2) is 59.4 Å². The fourth-order valence-electron chi connectivity index (χ4n) is 5.71. The highest BCUT2D eigenvalue weighted by molar-refractivity contribution is 5.77. The van der Waals surface area contributed by atoms with Crippen LogP contribution in [0.2, 0.25) is 0 Å². The van der Waals surface area contributed by atoms with Gasteiger partial charge in [-0.2, -0.15) is 5.10 Å². The van der Waals surface area contributed by atoms with Gasteiger partial charge < -0.3 is 9.42 Å². The van der Waals surface area contributed by atoms with Gasteiger partial charge in [0.2, 0.25) is 5.91 Å². The zero-order valence-electron chi connectivity index (χ0n) is 21.2. The van der Waals surface area contributed by atoms with Crippen molar-refractivity contribution in [3.05, 3.63) is 77.4 Å². The van der Waals surface area contributed by atoms with E-state index in [1.54, 1.807) is 12.4 Å². The highest BCUT2D eigenvalue weighted by atomic mass is 16.5. The molecule has 190 valence electrons. The number of rotatable bonds is 6. The number of nitrogens with one attached hydrogen (secondary N) is 1. The first-order valence-corrected chi connectivity index (χ1v) is 13.1. The number of benzene rings is 1. The van der Waals surface area contributed by atoms with Crippen molar-refractivity contribution < 1.29 is 9.32 Å². The maximum absolute atomic E-state index is 13.4. The molecule has 0 spiro atoms. The average Bonchev–Trinajstić information content (AvgIpc) is 3.53. The fraction of sp³-hybridized carbons (Fsp3) is 0.379. The molecule has 5 heterocycles. The first-order chi connectivity index (χ1) is 18.2. The molecule has 1 saturated heterocycles. The molecule has 0 aliphatic carbocycles. The number of hydrogen-bond donors (Lipinski definition) is 1. The topological polar surface area (TPSA) is 91.2 Å². The monoisotopic (exact) mass is 496 g/mol. The van der Waals surface area contributed by atoms with Crippen LogP contribution in [0.4, 0.5) is 0 Å². The van der Waals surface area contributed by atoms with E-state index in [2.05, 4.69) is 37.4 Å². The Morgan fingerprint density at radius 1 is 1.11 bits per heavy atom. The molecule has 1 aromatic carbocycles. The Kier molecular flexibility index (Phi) is 6.57. The van der Waals surface area contributed by atoms with Crippen LogP contribution in [0.25, 0.3) is 22.6 Å². The predicted molar refractivity (Wildman–Crippen MR) is 140 cm³/mol. The number of H-pyrrole nitrogens is 1. The van der Waals surface area contributed by atoms with Gasteiger partial charge >= 0.3 is 0 Å².